The largest absolute Gasteiger partial charge is 0.468 e. The normalized spacial score (nSPS) is 15.6. The summed E-state index contributed by atoms with van der Waals surface area (Å²) in [5, 5.41) is 4.45. The number of pyridine rings is 1. The van der Waals surface area contributed by atoms with E-state index in [0.717, 1.165) is 11.6 Å². The van der Waals surface area contributed by atoms with Gasteiger partial charge in [-0.1, -0.05) is 19.9 Å². The van der Waals surface area contributed by atoms with Crippen LogP contribution in [0.25, 0.3) is 0 Å². The van der Waals surface area contributed by atoms with Crippen LogP contribution in [0.4, 0.5) is 0 Å². The van der Waals surface area contributed by atoms with Crippen molar-refractivity contribution >= 4 is 17.7 Å². The molecule has 0 aromatic carbocycles. The summed E-state index contributed by atoms with van der Waals surface area (Å²) in [4.78, 5) is 16.2. The van der Waals surface area contributed by atoms with Gasteiger partial charge in [-0.2, -0.15) is 0 Å². The van der Waals surface area contributed by atoms with E-state index in [9.17, 15) is 4.79 Å². The first-order valence-electron chi connectivity index (χ1n) is 6.43. The van der Waals surface area contributed by atoms with Gasteiger partial charge in [-0.15, -0.1) is 11.8 Å². The lowest BCUT2D eigenvalue weighted by Crippen LogP contribution is -2.51. The molecule has 19 heavy (non-hydrogen) atoms. The van der Waals surface area contributed by atoms with Gasteiger partial charge in [-0.3, -0.25) is 4.79 Å². The second-order valence-corrected chi connectivity index (χ2v) is 6.11. The van der Waals surface area contributed by atoms with Gasteiger partial charge in [0.1, 0.15) is 5.54 Å². The van der Waals surface area contributed by atoms with Gasteiger partial charge in [-0.05, 0) is 32.0 Å². The highest BCUT2D eigenvalue weighted by molar-refractivity contribution is 7.99. The first kappa shape index (κ1) is 16.0. The molecule has 4 nitrogen and oxygen atoms in total. The first-order chi connectivity index (χ1) is 9.01. The van der Waals surface area contributed by atoms with Crippen LogP contribution >= 0.6 is 11.8 Å². The fraction of sp³-hybridized carbons (Fsp3) is 0.571. The molecule has 0 saturated heterocycles. The maximum atomic E-state index is 11.9. The number of hydrogen-bond acceptors (Lipinski definition) is 5. The predicted octanol–water partition coefficient (Wildman–Crippen LogP) is 2.49. The quantitative estimate of drug-likeness (QED) is 0.615. The van der Waals surface area contributed by atoms with Crippen LogP contribution in [0.15, 0.2) is 29.4 Å². The fourth-order valence-electron chi connectivity index (χ4n) is 2.08. The van der Waals surface area contributed by atoms with Gasteiger partial charge in [-0.25, -0.2) is 4.98 Å². The molecule has 0 radical (unpaired) electrons. The number of nitrogens with zero attached hydrogens (tertiary/aromatic N) is 1. The first-order valence-corrected chi connectivity index (χ1v) is 7.31. The summed E-state index contributed by atoms with van der Waals surface area (Å²) in [5.41, 5.74) is -0.648. The van der Waals surface area contributed by atoms with Crippen molar-refractivity contribution in [1.29, 1.82) is 0 Å². The Bertz CT molecular complexity index is 400. The van der Waals surface area contributed by atoms with Gasteiger partial charge < -0.3 is 10.1 Å². The Morgan fingerprint density at radius 2 is 2.32 bits per heavy atom. The van der Waals surface area contributed by atoms with Crippen molar-refractivity contribution in [1.82, 2.24) is 10.3 Å². The molecule has 1 rings (SSSR count). The number of rotatable bonds is 7. The highest BCUT2D eigenvalue weighted by Crippen LogP contribution is 2.27. The van der Waals surface area contributed by atoms with Crippen LogP contribution in [-0.4, -0.2) is 35.4 Å². The third-order valence-electron chi connectivity index (χ3n) is 2.86. The lowest BCUT2D eigenvalue weighted by molar-refractivity contribution is -0.148. The Kier molecular flexibility index (Phi) is 6.31. The molecule has 106 valence electrons. The van der Waals surface area contributed by atoms with Crippen LogP contribution in [0.2, 0.25) is 0 Å². The van der Waals surface area contributed by atoms with Crippen molar-refractivity contribution in [2.75, 3.05) is 13.7 Å². The number of esters is 1. The van der Waals surface area contributed by atoms with E-state index in [2.05, 4.69) is 17.2 Å². The number of thioether (sulfide) groups is 1. The van der Waals surface area contributed by atoms with Gasteiger partial charge in [0.25, 0.3) is 0 Å². The van der Waals surface area contributed by atoms with E-state index in [0.29, 0.717) is 6.42 Å². The van der Waals surface area contributed by atoms with Gasteiger partial charge in [0.15, 0.2) is 0 Å². The average Bonchev–Trinajstić information content (AvgIpc) is 2.38. The molecule has 1 aromatic rings. The molecule has 0 bridgehead atoms. The van der Waals surface area contributed by atoms with Crippen molar-refractivity contribution in [2.24, 2.45) is 0 Å². The number of carbonyl (C=O) groups is 1. The minimum atomic E-state index is -0.648. The van der Waals surface area contributed by atoms with E-state index >= 15 is 0 Å². The SMILES string of the molecule is CCNC(C)(CC(C)Sc1ccccn1)C(=O)OC. The molecule has 1 aromatic heterocycles. The maximum absolute atomic E-state index is 11.9. The predicted molar refractivity (Wildman–Crippen MR) is 78.3 cm³/mol. The van der Waals surface area contributed by atoms with Crippen LogP contribution in [0.3, 0.4) is 0 Å². The second-order valence-electron chi connectivity index (χ2n) is 4.65. The highest BCUT2D eigenvalue weighted by atomic mass is 32.2. The third-order valence-corrected chi connectivity index (χ3v) is 3.91. The Morgan fingerprint density at radius 1 is 1.58 bits per heavy atom. The summed E-state index contributed by atoms with van der Waals surface area (Å²) in [6.45, 7) is 6.69. The molecular formula is C14H22N2O2S. The summed E-state index contributed by atoms with van der Waals surface area (Å²) >= 11 is 1.67. The molecule has 2 atom stereocenters. The summed E-state index contributed by atoms with van der Waals surface area (Å²) in [6.07, 6.45) is 2.47. The molecule has 0 spiro atoms. The average molecular weight is 282 g/mol. The van der Waals surface area contributed by atoms with Crippen LogP contribution in [-0.2, 0) is 9.53 Å². The zero-order valence-corrected chi connectivity index (χ0v) is 12.8. The second kappa shape index (κ2) is 7.50. The molecule has 5 heteroatoms. The number of nitrogens with one attached hydrogen (secondary N) is 1. The van der Waals surface area contributed by atoms with Crippen LogP contribution in [0.1, 0.15) is 27.2 Å². The smallest absolute Gasteiger partial charge is 0.325 e. The third kappa shape index (κ3) is 4.84. The molecular weight excluding hydrogens is 260 g/mol. The molecule has 0 aliphatic heterocycles. The fourth-order valence-corrected chi connectivity index (χ4v) is 3.19. The highest BCUT2D eigenvalue weighted by Gasteiger charge is 2.35. The molecule has 0 aliphatic carbocycles. The van der Waals surface area contributed by atoms with Crippen molar-refractivity contribution in [3.63, 3.8) is 0 Å². The molecule has 0 fully saturated rings. The number of hydrogen-bond donors (Lipinski definition) is 1. The van der Waals surface area contributed by atoms with Crippen LogP contribution < -0.4 is 5.32 Å². The Balaban J connectivity index is 2.66. The van der Waals surface area contributed by atoms with Gasteiger partial charge in [0.2, 0.25) is 0 Å². The summed E-state index contributed by atoms with van der Waals surface area (Å²) in [6, 6.07) is 5.83. The molecule has 2 unspecified atom stereocenters. The van der Waals surface area contributed by atoms with E-state index in [1.165, 1.54) is 7.11 Å². The van der Waals surface area contributed by atoms with Crippen molar-refractivity contribution in [3.8, 4) is 0 Å². The van der Waals surface area contributed by atoms with Gasteiger partial charge in [0.05, 0.1) is 12.1 Å². The monoisotopic (exact) mass is 282 g/mol. The zero-order valence-electron chi connectivity index (χ0n) is 12.0. The number of methoxy groups -OCH3 is 1. The molecule has 1 N–H and O–H groups in total. The number of likely N-dealkylation sites (N-methyl/N-ethyl adjacent to an activating group) is 1. The van der Waals surface area contributed by atoms with E-state index in [4.69, 9.17) is 4.74 Å². The van der Waals surface area contributed by atoms with E-state index < -0.39 is 5.54 Å². The van der Waals surface area contributed by atoms with Crippen LogP contribution in [0.5, 0.6) is 0 Å². The summed E-state index contributed by atoms with van der Waals surface area (Å²) < 4.78 is 4.89. The minimum absolute atomic E-state index is 0.220. The summed E-state index contributed by atoms with van der Waals surface area (Å²) in [5.74, 6) is -0.220. The minimum Gasteiger partial charge on any atom is -0.468 e. The zero-order chi connectivity index (χ0) is 14.3. The summed E-state index contributed by atoms with van der Waals surface area (Å²) in [7, 11) is 1.43. The molecule has 0 saturated carbocycles. The number of ether oxygens (including phenoxy) is 1. The lowest BCUT2D eigenvalue weighted by atomic mass is 9.96. The Hall–Kier alpha value is -1.07. The van der Waals surface area contributed by atoms with Gasteiger partial charge in [0, 0.05) is 11.4 Å². The number of aromatic nitrogens is 1. The Morgan fingerprint density at radius 3 is 2.84 bits per heavy atom. The molecule has 0 amide bonds. The van der Waals surface area contributed by atoms with Crippen molar-refractivity contribution < 1.29 is 9.53 Å². The standard InChI is InChI=1S/C14H22N2O2S/c1-5-16-14(3,13(17)18-4)10-11(2)19-12-8-6-7-9-15-12/h6-9,11,16H,5,10H2,1-4H3. The molecule has 0 aliphatic rings. The Labute approximate surface area is 119 Å². The van der Waals surface area contributed by atoms with Crippen molar-refractivity contribution in [3.05, 3.63) is 24.4 Å². The topological polar surface area (TPSA) is 51.2 Å². The van der Waals surface area contributed by atoms with E-state index in [1.54, 1.807) is 18.0 Å². The van der Waals surface area contributed by atoms with Crippen molar-refractivity contribution in [2.45, 2.75) is 43.0 Å². The number of carbonyl (C=O) groups excluding carboxylic acids is 1. The maximum Gasteiger partial charge on any atom is 0.325 e. The lowest BCUT2D eigenvalue weighted by Gasteiger charge is -2.29. The van der Waals surface area contributed by atoms with E-state index in [-0.39, 0.29) is 11.2 Å². The van der Waals surface area contributed by atoms with Gasteiger partial charge >= 0.3 is 5.97 Å². The molecule has 1 heterocycles. The van der Waals surface area contributed by atoms with Crippen LogP contribution in [0, 0.1) is 0 Å². The van der Waals surface area contributed by atoms with E-state index in [1.807, 2.05) is 32.0 Å².